The van der Waals surface area contributed by atoms with Crippen molar-refractivity contribution >= 4 is 0 Å². The fourth-order valence-electron chi connectivity index (χ4n) is 2.15. The third-order valence-electron chi connectivity index (χ3n) is 3.54. The molecule has 0 amide bonds. The molecule has 0 nitrogen and oxygen atoms in total. The maximum Gasteiger partial charge on any atom is -0.0184 e. The second kappa shape index (κ2) is 7.44. The molecule has 0 aliphatic heterocycles. The zero-order chi connectivity index (χ0) is 15.1. The molecule has 21 heavy (non-hydrogen) atoms. The second-order valence-corrected chi connectivity index (χ2v) is 5.32. The van der Waals surface area contributed by atoms with Crippen molar-refractivity contribution in [1.82, 2.24) is 0 Å². The van der Waals surface area contributed by atoms with Crippen LogP contribution < -0.4 is 0 Å². The minimum Gasteiger partial charge on any atom is -0.0622 e. The Labute approximate surface area is 128 Å². The predicted octanol–water partition coefficient (Wildman–Crippen LogP) is 5.97. The van der Waals surface area contributed by atoms with Gasteiger partial charge < -0.3 is 0 Å². The maximum absolute atomic E-state index is 2.20. The number of rotatable bonds is 1. The highest BCUT2D eigenvalue weighted by atomic mass is 14.0. The summed E-state index contributed by atoms with van der Waals surface area (Å²) in [4.78, 5) is 0. The third-order valence-corrected chi connectivity index (χ3v) is 3.54. The Kier molecular flexibility index (Phi) is 5.34. The monoisotopic (exact) mass is 274 g/mol. The highest BCUT2D eigenvalue weighted by Gasteiger charge is 1.92. The van der Waals surface area contributed by atoms with Gasteiger partial charge in [-0.3, -0.25) is 0 Å². The summed E-state index contributed by atoms with van der Waals surface area (Å²) in [6.45, 7) is 6.39. The standard InChI is InChI=1S/C12H10.C9H12/c1-3-7-11(8-4-1)12-9-5-2-6-10-12;1-7-4-5-8(2)9(3)6-7/h1-10H;4-6H,1-3H3. The first-order valence-electron chi connectivity index (χ1n) is 7.31. The van der Waals surface area contributed by atoms with Crippen molar-refractivity contribution in [3.05, 3.63) is 95.6 Å². The molecule has 0 spiro atoms. The van der Waals surface area contributed by atoms with Gasteiger partial charge in [-0.05, 0) is 43.0 Å². The Balaban J connectivity index is 0.000000161. The Morgan fingerprint density at radius 2 is 0.952 bits per heavy atom. The van der Waals surface area contributed by atoms with E-state index in [0.29, 0.717) is 0 Å². The lowest BCUT2D eigenvalue weighted by Crippen LogP contribution is -1.79. The average Bonchev–Trinajstić information content (AvgIpc) is 2.54. The first-order chi connectivity index (χ1) is 10.2. The number of benzene rings is 3. The predicted molar refractivity (Wildman–Crippen MR) is 92.5 cm³/mol. The van der Waals surface area contributed by atoms with Gasteiger partial charge in [0.2, 0.25) is 0 Å². The van der Waals surface area contributed by atoms with Gasteiger partial charge in [-0.2, -0.15) is 0 Å². The van der Waals surface area contributed by atoms with E-state index < -0.39 is 0 Å². The summed E-state index contributed by atoms with van der Waals surface area (Å²) in [5.74, 6) is 0. The third kappa shape index (κ3) is 4.61. The second-order valence-electron chi connectivity index (χ2n) is 5.32. The van der Waals surface area contributed by atoms with Crippen molar-refractivity contribution in [2.45, 2.75) is 20.8 Å². The zero-order valence-corrected chi connectivity index (χ0v) is 13.0. The summed E-state index contributed by atoms with van der Waals surface area (Å²) >= 11 is 0. The van der Waals surface area contributed by atoms with E-state index in [1.165, 1.54) is 27.8 Å². The Hall–Kier alpha value is -2.34. The fourth-order valence-corrected chi connectivity index (χ4v) is 2.15. The topological polar surface area (TPSA) is 0 Å². The van der Waals surface area contributed by atoms with Gasteiger partial charge in [-0.15, -0.1) is 0 Å². The molecule has 0 saturated carbocycles. The lowest BCUT2D eigenvalue weighted by molar-refractivity contribution is 1.30. The molecule has 0 radical (unpaired) electrons. The van der Waals surface area contributed by atoms with Gasteiger partial charge in [0.1, 0.15) is 0 Å². The molecule has 0 bridgehead atoms. The lowest BCUT2D eigenvalue weighted by atomic mass is 10.1. The molecule has 3 rings (SSSR count). The minimum atomic E-state index is 1.28. The molecule has 0 N–H and O–H groups in total. The van der Waals surface area contributed by atoms with Crippen LogP contribution in [0.2, 0.25) is 0 Å². The molecule has 3 aromatic rings. The Morgan fingerprint density at radius 1 is 0.476 bits per heavy atom. The first-order valence-corrected chi connectivity index (χ1v) is 7.31. The summed E-state index contributed by atoms with van der Waals surface area (Å²) in [5, 5.41) is 0. The van der Waals surface area contributed by atoms with Crippen LogP contribution in [0, 0.1) is 20.8 Å². The first kappa shape index (κ1) is 15.1. The number of hydrogen-bond acceptors (Lipinski definition) is 0. The molecular formula is C21H22. The zero-order valence-electron chi connectivity index (χ0n) is 13.0. The van der Waals surface area contributed by atoms with E-state index in [0.717, 1.165) is 0 Å². The molecule has 3 aromatic carbocycles. The van der Waals surface area contributed by atoms with E-state index in [-0.39, 0.29) is 0 Å². The lowest BCUT2D eigenvalue weighted by Gasteiger charge is -1.98. The summed E-state index contributed by atoms with van der Waals surface area (Å²) in [5.41, 5.74) is 6.66. The molecule has 0 atom stereocenters. The van der Waals surface area contributed by atoms with Crippen LogP contribution in [-0.2, 0) is 0 Å². The summed E-state index contributed by atoms with van der Waals surface area (Å²) in [6, 6.07) is 27.3. The molecule has 0 aliphatic carbocycles. The van der Waals surface area contributed by atoms with Gasteiger partial charge in [-0.1, -0.05) is 84.4 Å². The van der Waals surface area contributed by atoms with Crippen LogP contribution in [-0.4, -0.2) is 0 Å². The van der Waals surface area contributed by atoms with E-state index >= 15 is 0 Å². The van der Waals surface area contributed by atoms with E-state index in [1.807, 2.05) is 12.1 Å². The number of hydrogen-bond donors (Lipinski definition) is 0. The molecule has 0 heterocycles. The van der Waals surface area contributed by atoms with Crippen LogP contribution in [0.1, 0.15) is 16.7 Å². The smallest absolute Gasteiger partial charge is 0.0184 e. The van der Waals surface area contributed by atoms with Crippen LogP contribution in [0.15, 0.2) is 78.9 Å². The van der Waals surface area contributed by atoms with Crippen LogP contribution >= 0.6 is 0 Å². The summed E-state index contributed by atoms with van der Waals surface area (Å²) in [7, 11) is 0. The van der Waals surface area contributed by atoms with Crippen LogP contribution in [0.5, 0.6) is 0 Å². The summed E-state index contributed by atoms with van der Waals surface area (Å²) in [6.07, 6.45) is 0. The number of aryl methyl sites for hydroxylation is 3. The highest BCUT2D eigenvalue weighted by molar-refractivity contribution is 5.62. The SMILES string of the molecule is Cc1ccc(C)c(C)c1.c1ccc(-c2ccccc2)cc1. The van der Waals surface area contributed by atoms with Crippen LogP contribution in [0.25, 0.3) is 11.1 Å². The van der Waals surface area contributed by atoms with E-state index in [9.17, 15) is 0 Å². The van der Waals surface area contributed by atoms with Crippen molar-refractivity contribution in [2.75, 3.05) is 0 Å². The van der Waals surface area contributed by atoms with Crippen molar-refractivity contribution < 1.29 is 0 Å². The summed E-state index contributed by atoms with van der Waals surface area (Å²) < 4.78 is 0. The van der Waals surface area contributed by atoms with Gasteiger partial charge in [-0.25, -0.2) is 0 Å². The van der Waals surface area contributed by atoms with Crippen LogP contribution in [0.3, 0.4) is 0 Å². The van der Waals surface area contributed by atoms with Gasteiger partial charge in [0.15, 0.2) is 0 Å². The molecule has 0 aliphatic rings. The molecule has 0 saturated heterocycles. The van der Waals surface area contributed by atoms with E-state index in [1.54, 1.807) is 0 Å². The van der Waals surface area contributed by atoms with Gasteiger partial charge in [0.25, 0.3) is 0 Å². The van der Waals surface area contributed by atoms with E-state index in [2.05, 4.69) is 87.5 Å². The average molecular weight is 274 g/mol. The largest absolute Gasteiger partial charge is 0.0622 e. The quantitative estimate of drug-likeness (QED) is 0.513. The van der Waals surface area contributed by atoms with E-state index in [4.69, 9.17) is 0 Å². The molecule has 0 unspecified atom stereocenters. The minimum absolute atomic E-state index is 1.28. The molecule has 0 heteroatoms. The van der Waals surface area contributed by atoms with Crippen LogP contribution in [0.4, 0.5) is 0 Å². The van der Waals surface area contributed by atoms with Crippen molar-refractivity contribution in [2.24, 2.45) is 0 Å². The van der Waals surface area contributed by atoms with Crippen molar-refractivity contribution in [1.29, 1.82) is 0 Å². The van der Waals surface area contributed by atoms with Gasteiger partial charge >= 0.3 is 0 Å². The molecular weight excluding hydrogens is 252 g/mol. The van der Waals surface area contributed by atoms with Gasteiger partial charge in [0, 0.05) is 0 Å². The highest BCUT2D eigenvalue weighted by Crippen LogP contribution is 2.17. The fraction of sp³-hybridized carbons (Fsp3) is 0.143. The molecule has 0 aromatic heterocycles. The Bertz CT molecular complexity index is 629. The Morgan fingerprint density at radius 3 is 1.33 bits per heavy atom. The maximum atomic E-state index is 2.20. The molecule has 106 valence electrons. The van der Waals surface area contributed by atoms with Crippen molar-refractivity contribution in [3.63, 3.8) is 0 Å². The van der Waals surface area contributed by atoms with Crippen molar-refractivity contribution in [3.8, 4) is 11.1 Å². The van der Waals surface area contributed by atoms with Gasteiger partial charge in [0.05, 0.1) is 0 Å². The normalized spacial score (nSPS) is 9.67. The molecule has 0 fully saturated rings.